The molecule has 118 valence electrons. The molecule has 0 aliphatic rings. The third-order valence-corrected chi connectivity index (χ3v) is 4.81. The van der Waals surface area contributed by atoms with Crippen molar-refractivity contribution in [2.24, 2.45) is 0 Å². The highest BCUT2D eigenvalue weighted by molar-refractivity contribution is 7.92. The van der Waals surface area contributed by atoms with Gasteiger partial charge < -0.3 is 9.88 Å². The Hall–Kier alpha value is -2.15. The van der Waals surface area contributed by atoms with Crippen molar-refractivity contribution in [1.29, 1.82) is 0 Å². The van der Waals surface area contributed by atoms with Gasteiger partial charge in [0.2, 0.25) is 5.91 Å². The molecule has 0 saturated carbocycles. The monoisotopic (exact) mass is 321 g/mol. The minimum Gasteiger partial charge on any atom is -0.355 e. The largest absolute Gasteiger partial charge is 0.355 e. The second kappa shape index (κ2) is 7.22. The number of benzene rings is 1. The molecule has 0 bridgehead atoms. The number of carbonyl (C=O) groups excluding carboxylic acids is 1. The Bertz CT molecular complexity index is 707. The Kier molecular flexibility index (Phi) is 5.32. The summed E-state index contributed by atoms with van der Waals surface area (Å²) in [6.45, 7) is 3.04. The van der Waals surface area contributed by atoms with E-state index in [1.807, 2.05) is 17.7 Å². The van der Waals surface area contributed by atoms with Gasteiger partial charge in [-0.3, -0.25) is 4.79 Å². The number of hydrogen-bond acceptors (Lipinski definition) is 4. The van der Waals surface area contributed by atoms with Gasteiger partial charge in [-0.1, -0.05) is 17.7 Å². The highest BCUT2D eigenvalue weighted by Gasteiger charge is 2.18. The van der Waals surface area contributed by atoms with E-state index in [1.165, 1.54) is 12.1 Å². The third kappa shape index (κ3) is 4.70. The fraction of sp³-hybridized carbons (Fsp3) is 0.333. The van der Waals surface area contributed by atoms with Crippen molar-refractivity contribution in [3.05, 3.63) is 48.5 Å². The molecular formula is C15H19N3O3S. The number of imidazole rings is 1. The molecular weight excluding hydrogens is 302 g/mol. The summed E-state index contributed by atoms with van der Waals surface area (Å²) in [5.41, 5.74) is 0.975. The number of nitrogens with zero attached hydrogens (tertiary/aromatic N) is 2. The maximum Gasteiger partial charge on any atom is 0.235 e. The van der Waals surface area contributed by atoms with Crippen LogP contribution in [-0.2, 0) is 21.2 Å². The number of sulfone groups is 1. The first kappa shape index (κ1) is 16.2. The summed E-state index contributed by atoms with van der Waals surface area (Å²) in [6, 6.07) is 6.49. The summed E-state index contributed by atoms with van der Waals surface area (Å²) in [7, 11) is -3.58. The van der Waals surface area contributed by atoms with Gasteiger partial charge in [0, 0.05) is 25.5 Å². The van der Waals surface area contributed by atoms with Crippen molar-refractivity contribution in [2.75, 3.05) is 12.3 Å². The number of amides is 1. The average Bonchev–Trinajstić information content (AvgIpc) is 2.97. The van der Waals surface area contributed by atoms with Crippen molar-refractivity contribution in [2.45, 2.75) is 24.8 Å². The lowest BCUT2D eigenvalue weighted by Crippen LogP contribution is -2.31. The van der Waals surface area contributed by atoms with Crippen LogP contribution in [0.3, 0.4) is 0 Å². The van der Waals surface area contributed by atoms with Crippen LogP contribution in [0.5, 0.6) is 0 Å². The zero-order valence-corrected chi connectivity index (χ0v) is 13.2. The predicted molar refractivity (Wildman–Crippen MR) is 83.1 cm³/mol. The summed E-state index contributed by atoms with van der Waals surface area (Å²) in [5, 5.41) is 2.63. The zero-order chi connectivity index (χ0) is 16.0. The van der Waals surface area contributed by atoms with Crippen molar-refractivity contribution < 1.29 is 13.2 Å². The Morgan fingerprint density at radius 2 is 2.00 bits per heavy atom. The van der Waals surface area contributed by atoms with E-state index in [4.69, 9.17) is 0 Å². The van der Waals surface area contributed by atoms with E-state index in [0.717, 1.165) is 12.1 Å². The second-order valence-electron chi connectivity index (χ2n) is 5.08. The van der Waals surface area contributed by atoms with Crippen molar-refractivity contribution in [1.82, 2.24) is 14.9 Å². The molecule has 6 nitrogen and oxygen atoms in total. The van der Waals surface area contributed by atoms with Gasteiger partial charge in [-0.25, -0.2) is 13.4 Å². The van der Waals surface area contributed by atoms with Crippen LogP contribution in [0.2, 0.25) is 0 Å². The smallest absolute Gasteiger partial charge is 0.235 e. The molecule has 0 saturated heterocycles. The molecule has 1 aromatic heterocycles. The summed E-state index contributed by atoms with van der Waals surface area (Å²) in [5.74, 6) is -1.01. The summed E-state index contributed by atoms with van der Waals surface area (Å²) in [4.78, 5) is 15.8. The van der Waals surface area contributed by atoms with E-state index in [0.29, 0.717) is 13.0 Å². The average molecular weight is 321 g/mol. The number of aryl methyl sites for hydroxylation is 2. The number of carbonyl (C=O) groups is 1. The van der Waals surface area contributed by atoms with E-state index in [-0.39, 0.29) is 4.90 Å². The van der Waals surface area contributed by atoms with Crippen LogP contribution in [0.15, 0.2) is 47.9 Å². The van der Waals surface area contributed by atoms with Crippen molar-refractivity contribution in [3.8, 4) is 0 Å². The number of hydrogen-bond donors (Lipinski definition) is 1. The van der Waals surface area contributed by atoms with Crippen molar-refractivity contribution in [3.63, 3.8) is 0 Å². The molecule has 7 heteroatoms. The molecule has 2 rings (SSSR count). The molecule has 2 aromatic rings. The summed E-state index contributed by atoms with van der Waals surface area (Å²) >= 11 is 0. The number of rotatable bonds is 7. The van der Waals surface area contributed by atoms with Crippen LogP contribution in [-0.4, -0.2) is 36.2 Å². The quantitative estimate of drug-likeness (QED) is 0.776. The van der Waals surface area contributed by atoms with E-state index >= 15 is 0 Å². The van der Waals surface area contributed by atoms with Crippen molar-refractivity contribution >= 4 is 15.7 Å². The first-order valence-corrected chi connectivity index (χ1v) is 8.64. The SMILES string of the molecule is Cc1ccc(S(=O)(=O)CC(=O)NCCCn2ccnc2)cc1. The van der Waals surface area contributed by atoms with E-state index in [9.17, 15) is 13.2 Å². The van der Waals surface area contributed by atoms with Crippen LogP contribution in [0.25, 0.3) is 0 Å². The van der Waals surface area contributed by atoms with Gasteiger partial charge in [-0.2, -0.15) is 0 Å². The van der Waals surface area contributed by atoms with Crippen LogP contribution >= 0.6 is 0 Å². The van der Waals surface area contributed by atoms with Gasteiger partial charge in [0.05, 0.1) is 11.2 Å². The Morgan fingerprint density at radius 1 is 1.27 bits per heavy atom. The first-order chi connectivity index (χ1) is 10.5. The minimum absolute atomic E-state index is 0.173. The zero-order valence-electron chi connectivity index (χ0n) is 12.4. The van der Waals surface area contributed by atoms with Gasteiger partial charge in [0.25, 0.3) is 0 Å². The normalized spacial score (nSPS) is 11.3. The van der Waals surface area contributed by atoms with E-state index in [2.05, 4.69) is 10.3 Å². The number of nitrogens with one attached hydrogen (secondary N) is 1. The fourth-order valence-corrected chi connectivity index (χ4v) is 3.13. The third-order valence-electron chi connectivity index (χ3n) is 3.18. The molecule has 0 aliphatic carbocycles. The molecule has 0 fully saturated rings. The summed E-state index contributed by atoms with van der Waals surface area (Å²) < 4.78 is 26.1. The van der Waals surface area contributed by atoms with Gasteiger partial charge in [-0.05, 0) is 25.5 Å². The molecule has 1 heterocycles. The standard InChI is InChI=1S/C15H19N3O3S/c1-13-3-5-14(6-4-13)22(20,21)11-15(19)17-7-2-9-18-10-8-16-12-18/h3-6,8,10,12H,2,7,9,11H2,1H3,(H,17,19). The lowest BCUT2D eigenvalue weighted by Gasteiger charge is -2.07. The number of aromatic nitrogens is 2. The van der Waals surface area contributed by atoms with Gasteiger partial charge >= 0.3 is 0 Å². The molecule has 0 spiro atoms. The first-order valence-electron chi connectivity index (χ1n) is 6.99. The lowest BCUT2D eigenvalue weighted by molar-refractivity contribution is -0.118. The second-order valence-corrected chi connectivity index (χ2v) is 7.07. The van der Waals surface area contributed by atoms with Gasteiger partial charge in [-0.15, -0.1) is 0 Å². The highest BCUT2D eigenvalue weighted by atomic mass is 32.2. The molecule has 1 aromatic carbocycles. The maximum atomic E-state index is 12.1. The predicted octanol–water partition coefficient (Wildman–Crippen LogP) is 1.17. The topological polar surface area (TPSA) is 81.1 Å². The van der Waals surface area contributed by atoms with E-state index < -0.39 is 21.5 Å². The van der Waals surface area contributed by atoms with Crippen LogP contribution < -0.4 is 5.32 Å². The van der Waals surface area contributed by atoms with Gasteiger partial charge in [0.15, 0.2) is 9.84 Å². The molecule has 1 N–H and O–H groups in total. The fourth-order valence-electron chi connectivity index (χ4n) is 1.96. The van der Waals surface area contributed by atoms with Crippen LogP contribution in [0.1, 0.15) is 12.0 Å². The molecule has 0 aliphatic heterocycles. The Morgan fingerprint density at radius 3 is 2.64 bits per heavy atom. The maximum absolute atomic E-state index is 12.1. The minimum atomic E-state index is -3.58. The van der Waals surface area contributed by atoms with Crippen LogP contribution in [0.4, 0.5) is 0 Å². The Balaban J connectivity index is 1.79. The summed E-state index contributed by atoms with van der Waals surface area (Å²) in [6.07, 6.45) is 5.94. The van der Waals surface area contributed by atoms with Crippen LogP contribution in [0, 0.1) is 6.92 Å². The molecule has 22 heavy (non-hydrogen) atoms. The lowest BCUT2D eigenvalue weighted by atomic mass is 10.2. The Labute approximate surface area is 130 Å². The molecule has 1 amide bonds. The molecule has 0 radical (unpaired) electrons. The van der Waals surface area contributed by atoms with Gasteiger partial charge in [0.1, 0.15) is 5.75 Å². The highest BCUT2D eigenvalue weighted by Crippen LogP contribution is 2.11. The molecule has 0 unspecified atom stereocenters. The molecule has 0 atom stereocenters. The van der Waals surface area contributed by atoms with E-state index in [1.54, 1.807) is 24.7 Å².